The summed E-state index contributed by atoms with van der Waals surface area (Å²) < 4.78 is 0. The zero-order valence-electron chi connectivity index (χ0n) is 11.8. The Bertz CT molecular complexity index is 917. The van der Waals surface area contributed by atoms with Crippen LogP contribution in [0, 0.1) is 6.92 Å². The first-order valence-corrected chi connectivity index (χ1v) is 7.05. The fourth-order valence-corrected chi connectivity index (χ4v) is 2.75. The van der Waals surface area contributed by atoms with Crippen LogP contribution in [0.4, 0.5) is 5.69 Å². The minimum Gasteiger partial charge on any atom is -0.381 e. The maximum Gasteiger partial charge on any atom is 0.104 e. The number of nitrogens with one attached hydrogen (secondary N) is 3. The molecule has 0 unspecified atom stereocenters. The summed E-state index contributed by atoms with van der Waals surface area (Å²) in [5.74, 6) is 0.944. The predicted molar refractivity (Wildman–Crippen MR) is 86.5 cm³/mol. The van der Waals surface area contributed by atoms with Crippen LogP contribution in [-0.4, -0.2) is 15.0 Å². The highest BCUT2D eigenvalue weighted by Crippen LogP contribution is 2.21. The van der Waals surface area contributed by atoms with E-state index in [9.17, 15) is 0 Å². The van der Waals surface area contributed by atoms with Crippen molar-refractivity contribution in [2.75, 3.05) is 5.32 Å². The van der Waals surface area contributed by atoms with E-state index < -0.39 is 0 Å². The third-order valence-electron chi connectivity index (χ3n) is 3.77. The van der Waals surface area contributed by atoms with Gasteiger partial charge in [0.25, 0.3) is 0 Å². The molecular weight excluding hydrogens is 260 g/mol. The molecule has 104 valence electrons. The molecule has 4 nitrogen and oxygen atoms in total. The van der Waals surface area contributed by atoms with Crippen LogP contribution in [0.5, 0.6) is 0 Å². The van der Waals surface area contributed by atoms with Gasteiger partial charge in [0.2, 0.25) is 0 Å². The van der Waals surface area contributed by atoms with Crippen molar-refractivity contribution < 1.29 is 0 Å². The number of anilines is 1. The zero-order chi connectivity index (χ0) is 14.2. The number of imidazole rings is 1. The molecule has 2 heterocycles. The summed E-state index contributed by atoms with van der Waals surface area (Å²) in [5.41, 5.74) is 5.63. The van der Waals surface area contributed by atoms with Crippen molar-refractivity contribution in [1.29, 1.82) is 0 Å². The van der Waals surface area contributed by atoms with Gasteiger partial charge in [-0.25, -0.2) is 4.98 Å². The van der Waals surface area contributed by atoms with Crippen LogP contribution in [0.25, 0.3) is 21.9 Å². The summed E-state index contributed by atoms with van der Waals surface area (Å²) in [6.45, 7) is 2.77. The van der Waals surface area contributed by atoms with E-state index in [-0.39, 0.29) is 0 Å². The largest absolute Gasteiger partial charge is 0.381 e. The molecule has 4 heteroatoms. The topological polar surface area (TPSA) is 56.5 Å². The van der Waals surface area contributed by atoms with Crippen molar-refractivity contribution in [2.24, 2.45) is 0 Å². The lowest BCUT2D eigenvalue weighted by Gasteiger charge is -2.07. The van der Waals surface area contributed by atoms with Crippen LogP contribution < -0.4 is 5.32 Å². The summed E-state index contributed by atoms with van der Waals surface area (Å²) in [6, 6.07) is 14.7. The van der Waals surface area contributed by atoms with Gasteiger partial charge < -0.3 is 15.3 Å². The lowest BCUT2D eigenvalue weighted by Crippen LogP contribution is -1.99. The van der Waals surface area contributed by atoms with Crippen LogP contribution in [0.3, 0.4) is 0 Å². The molecule has 3 N–H and O–H groups in total. The van der Waals surface area contributed by atoms with Crippen LogP contribution in [0.15, 0.2) is 48.7 Å². The first-order valence-electron chi connectivity index (χ1n) is 7.05. The number of hydrogen-bond acceptors (Lipinski definition) is 2. The molecule has 0 amide bonds. The number of H-pyrrole nitrogens is 2. The van der Waals surface area contributed by atoms with Crippen molar-refractivity contribution >= 4 is 27.6 Å². The minimum absolute atomic E-state index is 0.799. The van der Waals surface area contributed by atoms with E-state index in [0.29, 0.717) is 0 Å². The minimum atomic E-state index is 0.799. The molecule has 0 fully saturated rings. The molecule has 0 bridgehead atoms. The van der Waals surface area contributed by atoms with Crippen LogP contribution in [0.2, 0.25) is 0 Å². The molecular formula is C17H16N4. The van der Waals surface area contributed by atoms with Gasteiger partial charge in [0.1, 0.15) is 5.82 Å². The van der Waals surface area contributed by atoms with Crippen LogP contribution in [-0.2, 0) is 6.54 Å². The van der Waals surface area contributed by atoms with Gasteiger partial charge in [-0.1, -0.05) is 12.1 Å². The fourth-order valence-electron chi connectivity index (χ4n) is 2.75. The van der Waals surface area contributed by atoms with Crippen molar-refractivity contribution in [3.63, 3.8) is 0 Å². The van der Waals surface area contributed by atoms with Gasteiger partial charge >= 0.3 is 0 Å². The lowest BCUT2D eigenvalue weighted by molar-refractivity contribution is 1.17. The second-order valence-corrected chi connectivity index (χ2v) is 5.26. The van der Waals surface area contributed by atoms with Gasteiger partial charge in [-0.05, 0) is 42.8 Å². The molecule has 0 radical (unpaired) electrons. The smallest absolute Gasteiger partial charge is 0.104 e. The van der Waals surface area contributed by atoms with Gasteiger partial charge in [0.15, 0.2) is 0 Å². The van der Waals surface area contributed by atoms with E-state index in [1.165, 1.54) is 16.5 Å². The SMILES string of the molecule is Cc1nc2ccc(NCc3cccc4[nH]ccc34)cc2[nH]1. The van der Waals surface area contributed by atoms with E-state index in [1.54, 1.807) is 0 Å². The molecule has 4 aromatic rings. The highest BCUT2D eigenvalue weighted by Gasteiger charge is 2.03. The molecule has 0 aliphatic rings. The molecule has 2 aromatic carbocycles. The molecule has 21 heavy (non-hydrogen) atoms. The zero-order valence-corrected chi connectivity index (χ0v) is 11.8. The Hall–Kier alpha value is -2.75. The van der Waals surface area contributed by atoms with Gasteiger partial charge in [0.05, 0.1) is 11.0 Å². The molecule has 0 saturated carbocycles. The summed E-state index contributed by atoms with van der Waals surface area (Å²) in [6.07, 6.45) is 1.98. The number of aromatic nitrogens is 3. The second-order valence-electron chi connectivity index (χ2n) is 5.26. The Morgan fingerprint density at radius 1 is 1.10 bits per heavy atom. The summed E-state index contributed by atoms with van der Waals surface area (Å²) >= 11 is 0. The first-order chi connectivity index (χ1) is 10.3. The number of aryl methyl sites for hydroxylation is 1. The molecule has 0 aliphatic carbocycles. The highest BCUT2D eigenvalue weighted by molar-refractivity contribution is 5.83. The van der Waals surface area contributed by atoms with Crippen LogP contribution in [0.1, 0.15) is 11.4 Å². The number of aromatic amines is 2. The normalized spacial score (nSPS) is 11.3. The van der Waals surface area contributed by atoms with E-state index >= 15 is 0 Å². The van der Waals surface area contributed by atoms with E-state index in [0.717, 1.165) is 29.1 Å². The van der Waals surface area contributed by atoms with Crippen molar-refractivity contribution in [1.82, 2.24) is 15.0 Å². The van der Waals surface area contributed by atoms with Gasteiger partial charge in [0, 0.05) is 29.3 Å². The average Bonchev–Trinajstić information content (AvgIpc) is 3.09. The maximum atomic E-state index is 4.42. The highest BCUT2D eigenvalue weighted by atomic mass is 14.9. The molecule has 0 spiro atoms. The Morgan fingerprint density at radius 2 is 2.05 bits per heavy atom. The number of rotatable bonds is 3. The quantitative estimate of drug-likeness (QED) is 0.530. The third-order valence-corrected chi connectivity index (χ3v) is 3.77. The lowest BCUT2D eigenvalue weighted by atomic mass is 10.1. The fraction of sp³-hybridized carbons (Fsp3) is 0.118. The molecule has 0 atom stereocenters. The summed E-state index contributed by atoms with van der Waals surface area (Å²) in [5, 5.41) is 4.75. The van der Waals surface area contributed by atoms with Gasteiger partial charge in [-0.15, -0.1) is 0 Å². The molecule has 4 rings (SSSR count). The Kier molecular flexibility index (Phi) is 2.67. The Labute approximate surface area is 122 Å². The molecule has 2 aromatic heterocycles. The van der Waals surface area contributed by atoms with Crippen molar-refractivity contribution in [2.45, 2.75) is 13.5 Å². The Balaban J connectivity index is 1.61. The number of hydrogen-bond donors (Lipinski definition) is 3. The average molecular weight is 276 g/mol. The number of fused-ring (bicyclic) bond motifs is 2. The predicted octanol–water partition coefficient (Wildman–Crippen LogP) is 3.96. The van der Waals surface area contributed by atoms with Crippen LogP contribution >= 0.6 is 0 Å². The maximum absolute atomic E-state index is 4.42. The first kappa shape index (κ1) is 12.0. The number of nitrogens with zero attached hydrogens (tertiary/aromatic N) is 1. The summed E-state index contributed by atoms with van der Waals surface area (Å²) in [7, 11) is 0. The summed E-state index contributed by atoms with van der Waals surface area (Å²) in [4.78, 5) is 10.9. The molecule has 0 saturated heterocycles. The van der Waals surface area contributed by atoms with Gasteiger partial charge in [-0.2, -0.15) is 0 Å². The molecule has 0 aliphatic heterocycles. The van der Waals surface area contributed by atoms with Crippen molar-refractivity contribution in [3.8, 4) is 0 Å². The monoisotopic (exact) mass is 276 g/mol. The Morgan fingerprint density at radius 3 is 3.00 bits per heavy atom. The van der Waals surface area contributed by atoms with E-state index in [2.05, 4.69) is 56.7 Å². The van der Waals surface area contributed by atoms with E-state index in [4.69, 9.17) is 0 Å². The van der Waals surface area contributed by atoms with Crippen molar-refractivity contribution in [3.05, 3.63) is 60.0 Å². The number of benzene rings is 2. The third kappa shape index (κ3) is 2.14. The standard InChI is InChI=1S/C17H16N4/c1-11-20-16-6-5-13(9-17(16)21-11)19-10-12-3-2-4-15-14(12)7-8-18-15/h2-9,18-19H,10H2,1H3,(H,20,21). The second kappa shape index (κ2) is 4.66. The van der Waals surface area contributed by atoms with Gasteiger partial charge in [-0.3, -0.25) is 0 Å². The van der Waals surface area contributed by atoms with E-state index in [1.807, 2.05) is 19.2 Å².